The summed E-state index contributed by atoms with van der Waals surface area (Å²) in [7, 11) is -0.289. The quantitative estimate of drug-likeness (QED) is 0.430. The topological polar surface area (TPSA) is 35.5 Å². The van der Waals surface area contributed by atoms with E-state index in [1.165, 1.54) is 7.11 Å². The second-order valence-corrected chi connectivity index (χ2v) is 10.7. The number of hydrogen-bond donors (Lipinski definition) is 0. The van der Waals surface area contributed by atoms with E-state index in [-0.39, 0.29) is 11.0 Å². The van der Waals surface area contributed by atoms with Crippen molar-refractivity contribution in [2.24, 2.45) is 0 Å². The Hall–Kier alpha value is -0.613. The second-order valence-electron chi connectivity index (χ2n) is 5.88. The lowest BCUT2D eigenvalue weighted by Crippen LogP contribution is -2.41. The maximum absolute atomic E-state index is 11.0. The Bertz CT molecular complexity index is 288. The lowest BCUT2D eigenvalue weighted by atomic mass is 10.2. The first-order valence-electron chi connectivity index (χ1n) is 5.96. The van der Waals surface area contributed by atoms with Crippen LogP contribution in [0.5, 0.6) is 0 Å². The van der Waals surface area contributed by atoms with Crippen LogP contribution < -0.4 is 0 Å². The Morgan fingerprint density at radius 1 is 1.29 bits per heavy atom. The monoisotopic (exact) mass is 258 g/mol. The maximum atomic E-state index is 11.0. The fraction of sp³-hybridized carbons (Fsp3) is 0.769. The summed E-state index contributed by atoms with van der Waals surface area (Å²) in [6.07, 6.45) is 2.20. The SMILES string of the molecule is COC(=O)C/C=C(\C)CO[Si](C)(C)C(C)(C)C. The van der Waals surface area contributed by atoms with Crippen molar-refractivity contribution in [1.29, 1.82) is 0 Å². The van der Waals surface area contributed by atoms with Gasteiger partial charge in [0.1, 0.15) is 0 Å². The van der Waals surface area contributed by atoms with Crippen LogP contribution >= 0.6 is 0 Å². The minimum Gasteiger partial charge on any atom is -0.469 e. The molecule has 0 bridgehead atoms. The van der Waals surface area contributed by atoms with Crippen molar-refractivity contribution in [3.8, 4) is 0 Å². The molecule has 100 valence electrons. The third-order valence-corrected chi connectivity index (χ3v) is 7.79. The fourth-order valence-corrected chi connectivity index (χ4v) is 1.93. The highest BCUT2D eigenvalue weighted by molar-refractivity contribution is 6.74. The Kier molecular flexibility index (Phi) is 6.13. The molecule has 0 saturated carbocycles. The Labute approximate surface area is 106 Å². The molecule has 0 aliphatic carbocycles. The molecular formula is C13H26O3Si. The van der Waals surface area contributed by atoms with Crippen molar-refractivity contribution < 1.29 is 14.0 Å². The standard InChI is InChI=1S/C13H26O3Si/c1-11(8-9-12(14)15-5)10-16-17(6,7)13(2,3)4/h8H,9-10H2,1-7H3/b11-8+. The van der Waals surface area contributed by atoms with E-state index in [2.05, 4.69) is 38.6 Å². The highest BCUT2D eigenvalue weighted by Gasteiger charge is 2.36. The van der Waals surface area contributed by atoms with Crippen molar-refractivity contribution in [2.75, 3.05) is 13.7 Å². The molecule has 0 aliphatic heterocycles. The summed E-state index contributed by atoms with van der Waals surface area (Å²) >= 11 is 0. The summed E-state index contributed by atoms with van der Waals surface area (Å²) < 4.78 is 10.6. The number of ether oxygens (including phenoxy) is 1. The van der Waals surface area contributed by atoms with Crippen LogP contribution in [0.15, 0.2) is 11.6 Å². The number of carbonyl (C=O) groups is 1. The van der Waals surface area contributed by atoms with Crippen LogP contribution in [-0.4, -0.2) is 28.0 Å². The number of methoxy groups -OCH3 is 1. The lowest BCUT2D eigenvalue weighted by Gasteiger charge is -2.36. The van der Waals surface area contributed by atoms with Gasteiger partial charge in [0.2, 0.25) is 0 Å². The molecule has 0 amide bonds. The van der Waals surface area contributed by atoms with Gasteiger partial charge < -0.3 is 9.16 Å². The van der Waals surface area contributed by atoms with E-state index in [0.29, 0.717) is 13.0 Å². The first-order chi connectivity index (χ1) is 7.60. The van der Waals surface area contributed by atoms with E-state index in [4.69, 9.17) is 4.43 Å². The van der Waals surface area contributed by atoms with Gasteiger partial charge in [-0.3, -0.25) is 4.79 Å². The van der Waals surface area contributed by atoms with Crippen LogP contribution in [0.1, 0.15) is 34.1 Å². The molecule has 0 aromatic carbocycles. The zero-order valence-corrected chi connectivity index (χ0v) is 13.2. The van der Waals surface area contributed by atoms with Gasteiger partial charge in [0.05, 0.1) is 20.1 Å². The predicted molar refractivity (Wildman–Crippen MR) is 73.5 cm³/mol. The maximum Gasteiger partial charge on any atom is 0.309 e. The number of hydrogen-bond acceptors (Lipinski definition) is 3. The molecule has 17 heavy (non-hydrogen) atoms. The fourth-order valence-electron chi connectivity index (χ4n) is 0.911. The van der Waals surface area contributed by atoms with E-state index in [9.17, 15) is 4.79 Å². The van der Waals surface area contributed by atoms with Gasteiger partial charge in [0, 0.05) is 0 Å². The van der Waals surface area contributed by atoms with Gasteiger partial charge in [-0.15, -0.1) is 0 Å². The van der Waals surface area contributed by atoms with Crippen molar-refractivity contribution in [1.82, 2.24) is 0 Å². The van der Waals surface area contributed by atoms with Crippen LogP contribution in [0.25, 0.3) is 0 Å². The largest absolute Gasteiger partial charge is 0.469 e. The average molecular weight is 258 g/mol. The molecule has 0 saturated heterocycles. The summed E-state index contributed by atoms with van der Waals surface area (Å²) in [6, 6.07) is 0. The van der Waals surface area contributed by atoms with Crippen LogP contribution in [0.3, 0.4) is 0 Å². The molecule has 3 nitrogen and oxygen atoms in total. The third-order valence-electron chi connectivity index (χ3n) is 3.31. The van der Waals surface area contributed by atoms with Crippen molar-refractivity contribution >= 4 is 14.3 Å². The van der Waals surface area contributed by atoms with Gasteiger partial charge >= 0.3 is 5.97 Å². The van der Waals surface area contributed by atoms with E-state index in [0.717, 1.165) is 5.57 Å². The number of esters is 1. The van der Waals surface area contributed by atoms with Gasteiger partial charge in [-0.25, -0.2) is 0 Å². The highest BCUT2D eigenvalue weighted by atomic mass is 28.4. The first kappa shape index (κ1) is 16.4. The van der Waals surface area contributed by atoms with Crippen LogP contribution in [0.4, 0.5) is 0 Å². The van der Waals surface area contributed by atoms with Crippen LogP contribution in [-0.2, 0) is 14.0 Å². The Morgan fingerprint density at radius 2 is 1.82 bits per heavy atom. The molecule has 0 N–H and O–H groups in total. The van der Waals surface area contributed by atoms with E-state index < -0.39 is 8.32 Å². The van der Waals surface area contributed by atoms with Crippen LogP contribution in [0, 0.1) is 0 Å². The van der Waals surface area contributed by atoms with Crippen molar-refractivity contribution in [3.63, 3.8) is 0 Å². The Morgan fingerprint density at radius 3 is 2.24 bits per heavy atom. The normalized spacial score (nSPS) is 13.7. The number of carbonyl (C=O) groups excluding carboxylic acids is 1. The minimum atomic E-state index is -1.69. The summed E-state index contributed by atoms with van der Waals surface area (Å²) in [5.41, 5.74) is 1.08. The smallest absolute Gasteiger partial charge is 0.309 e. The van der Waals surface area contributed by atoms with E-state index >= 15 is 0 Å². The second kappa shape index (κ2) is 6.35. The molecule has 0 atom stereocenters. The zero-order valence-electron chi connectivity index (χ0n) is 12.2. The molecule has 0 fully saturated rings. The summed E-state index contributed by atoms with van der Waals surface area (Å²) in [5.74, 6) is -0.211. The van der Waals surface area contributed by atoms with Crippen LogP contribution in [0.2, 0.25) is 18.1 Å². The zero-order chi connectivity index (χ0) is 13.7. The molecule has 0 rings (SSSR count). The first-order valence-corrected chi connectivity index (χ1v) is 8.87. The molecule has 0 aromatic rings. The number of rotatable bonds is 5. The molecule has 0 heterocycles. The van der Waals surface area contributed by atoms with Gasteiger partial charge in [0.15, 0.2) is 8.32 Å². The highest BCUT2D eigenvalue weighted by Crippen LogP contribution is 2.36. The van der Waals surface area contributed by atoms with Crippen molar-refractivity contribution in [2.45, 2.75) is 52.2 Å². The predicted octanol–water partition coefficient (Wildman–Crippen LogP) is 3.52. The van der Waals surface area contributed by atoms with Gasteiger partial charge in [-0.05, 0) is 25.1 Å². The van der Waals surface area contributed by atoms with Gasteiger partial charge in [0.25, 0.3) is 0 Å². The molecule has 0 spiro atoms. The van der Waals surface area contributed by atoms with E-state index in [1.54, 1.807) is 0 Å². The van der Waals surface area contributed by atoms with E-state index in [1.807, 2.05) is 13.0 Å². The molecule has 0 aliphatic rings. The molecular weight excluding hydrogens is 232 g/mol. The average Bonchev–Trinajstić information content (AvgIpc) is 2.21. The third kappa shape index (κ3) is 6.03. The van der Waals surface area contributed by atoms with Crippen molar-refractivity contribution in [3.05, 3.63) is 11.6 Å². The summed E-state index contributed by atoms with van der Waals surface area (Å²) in [5, 5.41) is 0.218. The molecule has 0 radical (unpaired) electrons. The molecule has 0 unspecified atom stereocenters. The summed E-state index contributed by atoms with van der Waals surface area (Å²) in [4.78, 5) is 11.0. The molecule has 0 aromatic heterocycles. The van der Waals surface area contributed by atoms with Gasteiger partial charge in [-0.1, -0.05) is 32.4 Å². The molecule has 4 heteroatoms. The minimum absolute atomic E-state index is 0.211. The van der Waals surface area contributed by atoms with Gasteiger partial charge in [-0.2, -0.15) is 0 Å². The summed E-state index contributed by atoms with van der Waals surface area (Å²) in [6.45, 7) is 13.7. The Balaban J connectivity index is 4.25. The lowest BCUT2D eigenvalue weighted by molar-refractivity contribution is -0.139.